The van der Waals surface area contributed by atoms with E-state index in [1.54, 1.807) is 0 Å². The lowest BCUT2D eigenvalue weighted by Crippen LogP contribution is -2.37. The second kappa shape index (κ2) is 5.88. The Morgan fingerprint density at radius 1 is 1.29 bits per heavy atom. The van der Waals surface area contributed by atoms with Gasteiger partial charge in [-0.05, 0) is 12.3 Å². The average molecular weight is 211 g/mol. The van der Waals surface area contributed by atoms with Crippen LogP contribution in [-0.4, -0.2) is 18.6 Å². The quantitative estimate of drug-likeness (QED) is 0.695. The van der Waals surface area contributed by atoms with Gasteiger partial charge in [-0.3, -0.25) is 4.79 Å². The van der Waals surface area contributed by atoms with Crippen LogP contribution < -0.4 is 5.32 Å². The van der Waals surface area contributed by atoms with Gasteiger partial charge in [0.25, 0.3) is 0 Å². The Bertz CT molecular complexity index is 177. The highest BCUT2D eigenvalue weighted by molar-refractivity contribution is 5.81. The van der Waals surface area contributed by atoms with E-state index in [1.807, 2.05) is 19.2 Å². The zero-order valence-corrected chi connectivity index (χ0v) is 8.45. The molecule has 0 bridgehead atoms. The predicted octanol–water partition coefficient (Wildman–Crippen LogP) is 2.49. The van der Waals surface area contributed by atoms with E-state index >= 15 is 0 Å². The van der Waals surface area contributed by atoms with Crippen LogP contribution in [0.1, 0.15) is 33.1 Å². The molecular weight excluding hydrogens is 195 g/mol. The summed E-state index contributed by atoms with van der Waals surface area (Å²) in [7, 11) is 0. The lowest BCUT2D eigenvalue weighted by molar-refractivity contribution is -0.173. The average Bonchev–Trinajstić information content (AvgIpc) is 2.01. The zero-order chi connectivity index (χ0) is 11.2. The minimum atomic E-state index is -4.75. The van der Waals surface area contributed by atoms with Crippen molar-refractivity contribution in [2.24, 2.45) is 5.92 Å². The first-order valence-electron chi connectivity index (χ1n) is 4.69. The molecule has 0 spiro atoms. The van der Waals surface area contributed by atoms with Crippen LogP contribution in [-0.2, 0) is 4.79 Å². The van der Waals surface area contributed by atoms with Crippen LogP contribution in [0.15, 0.2) is 0 Å². The number of carbonyl (C=O) groups excluding carboxylic acids is 1. The van der Waals surface area contributed by atoms with Gasteiger partial charge in [0.1, 0.15) is 0 Å². The van der Waals surface area contributed by atoms with Crippen molar-refractivity contribution in [3.63, 3.8) is 0 Å². The van der Waals surface area contributed by atoms with Crippen LogP contribution in [0.3, 0.4) is 0 Å². The Morgan fingerprint density at radius 3 is 2.29 bits per heavy atom. The number of unbranched alkanes of at least 4 members (excludes halogenated alkanes) is 1. The molecule has 0 aromatic carbocycles. The largest absolute Gasteiger partial charge is 0.471 e. The number of hydrogen-bond donors (Lipinski definition) is 1. The van der Waals surface area contributed by atoms with E-state index in [2.05, 4.69) is 0 Å². The Kier molecular flexibility index (Phi) is 5.57. The fraction of sp³-hybridized carbons (Fsp3) is 0.889. The second-order valence-electron chi connectivity index (χ2n) is 3.64. The first-order valence-corrected chi connectivity index (χ1v) is 4.69. The maximum absolute atomic E-state index is 11.7. The van der Waals surface area contributed by atoms with Gasteiger partial charge >= 0.3 is 12.1 Å². The van der Waals surface area contributed by atoms with Gasteiger partial charge in [-0.1, -0.05) is 26.7 Å². The van der Waals surface area contributed by atoms with Gasteiger partial charge in [0, 0.05) is 6.54 Å². The Morgan fingerprint density at radius 2 is 1.86 bits per heavy atom. The monoisotopic (exact) mass is 211 g/mol. The van der Waals surface area contributed by atoms with Crippen molar-refractivity contribution in [1.29, 1.82) is 0 Å². The Hall–Kier alpha value is -0.740. The minimum Gasteiger partial charge on any atom is -0.348 e. The van der Waals surface area contributed by atoms with E-state index in [0.717, 1.165) is 12.8 Å². The molecule has 0 fully saturated rings. The highest BCUT2D eigenvalue weighted by atomic mass is 19.4. The van der Waals surface area contributed by atoms with Gasteiger partial charge in [-0.15, -0.1) is 0 Å². The first-order chi connectivity index (χ1) is 6.34. The van der Waals surface area contributed by atoms with E-state index in [-0.39, 0.29) is 6.54 Å². The summed E-state index contributed by atoms with van der Waals surface area (Å²) in [6.07, 6.45) is -2.34. The molecule has 0 saturated heterocycles. The number of hydrogen-bond acceptors (Lipinski definition) is 1. The van der Waals surface area contributed by atoms with Gasteiger partial charge < -0.3 is 5.32 Å². The Labute approximate surface area is 81.9 Å². The lowest BCUT2D eigenvalue weighted by Gasteiger charge is -2.08. The molecule has 84 valence electrons. The van der Waals surface area contributed by atoms with Crippen LogP contribution in [0.2, 0.25) is 0 Å². The summed E-state index contributed by atoms with van der Waals surface area (Å²) in [6.45, 7) is 4.20. The molecule has 2 nitrogen and oxygen atoms in total. The number of amides is 1. The van der Waals surface area contributed by atoms with Crippen molar-refractivity contribution in [2.75, 3.05) is 6.54 Å². The normalized spacial score (nSPS) is 11.9. The van der Waals surface area contributed by atoms with Gasteiger partial charge in [-0.25, -0.2) is 0 Å². The van der Waals surface area contributed by atoms with Gasteiger partial charge in [0.2, 0.25) is 0 Å². The van der Waals surface area contributed by atoms with Crippen molar-refractivity contribution in [3.8, 4) is 0 Å². The zero-order valence-electron chi connectivity index (χ0n) is 8.45. The maximum Gasteiger partial charge on any atom is 0.471 e. The number of alkyl halides is 3. The molecule has 0 aliphatic carbocycles. The highest BCUT2D eigenvalue weighted by Crippen LogP contribution is 2.14. The molecule has 0 radical (unpaired) electrons. The lowest BCUT2D eigenvalue weighted by atomic mass is 10.1. The smallest absolute Gasteiger partial charge is 0.348 e. The summed E-state index contributed by atoms with van der Waals surface area (Å²) in [4.78, 5) is 10.3. The summed E-state index contributed by atoms with van der Waals surface area (Å²) in [5.74, 6) is -1.30. The predicted molar refractivity (Wildman–Crippen MR) is 47.8 cm³/mol. The number of halogens is 3. The minimum absolute atomic E-state index is 0.102. The molecule has 1 amide bonds. The fourth-order valence-corrected chi connectivity index (χ4v) is 0.980. The molecule has 1 N–H and O–H groups in total. The summed E-state index contributed by atoms with van der Waals surface area (Å²) >= 11 is 0. The first kappa shape index (κ1) is 13.3. The summed E-state index contributed by atoms with van der Waals surface area (Å²) in [5.41, 5.74) is 0. The third-order valence-corrected chi connectivity index (χ3v) is 1.75. The molecule has 0 heterocycles. The van der Waals surface area contributed by atoms with Gasteiger partial charge in [-0.2, -0.15) is 13.2 Å². The molecule has 0 aromatic heterocycles. The summed E-state index contributed by atoms with van der Waals surface area (Å²) in [5, 5.41) is 1.83. The highest BCUT2D eigenvalue weighted by Gasteiger charge is 2.38. The van der Waals surface area contributed by atoms with Gasteiger partial charge in [0.15, 0.2) is 0 Å². The molecule has 14 heavy (non-hydrogen) atoms. The van der Waals surface area contributed by atoms with E-state index in [9.17, 15) is 18.0 Å². The van der Waals surface area contributed by atoms with Gasteiger partial charge in [0.05, 0.1) is 0 Å². The third-order valence-electron chi connectivity index (χ3n) is 1.75. The van der Waals surface area contributed by atoms with E-state index in [0.29, 0.717) is 12.3 Å². The van der Waals surface area contributed by atoms with E-state index in [1.165, 1.54) is 0 Å². The number of rotatable bonds is 5. The van der Waals surface area contributed by atoms with Crippen LogP contribution in [0.5, 0.6) is 0 Å². The molecule has 0 unspecified atom stereocenters. The van der Waals surface area contributed by atoms with Crippen LogP contribution in [0.25, 0.3) is 0 Å². The second-order valence-corrected chi connectivity index (χ2v) is 3.64. The molecule has 0 aliphatic heterocycles. The molecule has 0 saturated carbocycles. The van der Waals surface area contributed by atoms with Crippen molar-refractivity contribution < 1.29 is 18.0 Å². The van der Waals surface area contributed by atoms with Crippen LogP contribution >= 0.6 is 0 Å². The standard InChI is InChI=1S/C9H16F3NO/c1-7(2)5-3-4-6-13-8(14)9(10,11)12/h7H,3-6H2,1-2H3,(H,13,14). The van der Waals surface area contributed by atoms with Crippen molar-refractivity contribution in [2.45, 2.75) is 39.3 Å². The summed E-state index contributed by atoms with van der Waals surface area (Å²) in [6, 6.07) is 0. The Balaban J connectivity index is 3.42. The van der Waals surface area contributed by atoms with Crippen LogP contribution in [0, 0.1) is 5.92 Å². The molecule has 0 atom stereocenters. The van der Waals surface area contributed by atoms with Crippen LogP contribution in [0.4, 0.5) is 13.2 Å². The number of nitrogens with one attached hydrogen (secondary N) is 1. The molecule has 0 aromatic rings. The van der Waals surface area contributed by atoms with Crippen molar-refractivity contribution in [3.05, 3.63) is 0 Å². The van der Waals surface area contributed by atoms with Crippen molar-refractivity contribution >= 4 is 5.91 Å². The van der Waals surface area contributed by atoms with Crippen molar-refractivity contribution in [1.82, 2.24) is 5.32 Å². The fourth-order valence-electron chi connectivity index (χ4n) is 0.980. The summed E-state index contributed by atoms with van der Waals surface area (Å²) < 4.78 is 35.0. The molecule has 0 aliphatic rings. The third kappa shape index (κ3) is 6.74. The van der Waals surface area contributed by atoms with E-state index in [4.69, 9.17) is 0 Å². The molecule has 0 rings (SSSR count). The SMILES string of the molecule is CC(C)CCCCNC(=O)C(F)(F)F. The van der Waals surface area contributed by atoms with E-state index < -0.39 is 12.1 Å². The molecular formula is C9H16F3NO. The maximum atomic E-state index is 11.7. The number of carbonyl (C=O) groups is 1. The molecule has 5 heteroatoms. The topological polar surface area (TPSA) is 29.1 Å².